The minimum absolute atomic E-state index is 0.721. The molecule has 1 fully saturated rings. The van der Waals surface area contributed by atoms with Crippen LogP contribution in [0.2, 0.25) is 0 Å². The smallest absolute Gasteiger partial charge is 0.0195 e. The van der Waals surface area contributed by atoms with Gasteiger partial charge in [-0.05, 0) is 38.8 Å². The number of nitrogens with zero attached hydrogens (tertiary/aromatic N) is 1. The zero-order valence-electron chi connectivity index (χ0n) is 11.6. The number of hydrogen-bond donors (Lipinski definition) is 1. The average Bonchev–Trinajstić information content (AvgIpc) is 2.35. The maximum Gasteiger partial charge on any atom is 0.0195 e. The molecule has 0 aromatic heterocycles. The van der Waals surface area contributed by atoms with Crippen LogP contribution in [0.4, 0.5) is 0 Å². The summed E-state index contributed by atoms with van der Waals surface area (Å²) in [6, 6.07) is 1.46. The van der Waals surface area contributed by atoms with Crippen molar-refractivity contribution in [2.24, 2.45) is 5.92 Å². The van der Waals surface area contributed by atoms with E-state index in [1.807, 2.05) is 0 Å². The maximum absolute atomic E-state index is 3.65. The topological polar surface area (TPSA) is 15.3 Å². The van der Waals surface area contributed by atoms with Crippen LogP contribution in [-0.2, 0) is 0 Å². The molecule has 0 bridgehead atoms. The molecule has 0 aromatic carbocycles. The largest absolute Gasteiger partial charge is 0.313 e. The van der Waals surface area contributed by atoms with E-state index in [1.165, 1.54) is 45.3 Å². The van der Waals surface area contributed by atoms with E-state index < -0.39 is 0 Å². The fourth-order valence-electron chi connectivity index (χ4n) is 2.65. The van der Waals surface area contributed by atoms with Crippen LogP contribution in [0.25, 0.3) is 0 Å². The second kappa shape index (κ2) is 7.29. The minimum atomic E-state index is 0.721. The molecule has 0 amide bonds. The summed E-state index contributed by atoms with van der Waals surface area (Å²) in [4.78, 5) is 2.65. The molecule has 1 aliphatic rings. The molecule has 1 aliphatic heterocycles. The summed E-state index contributed by atoms with van der Waals surface area (Å²) in [7, 11) is 0. The average molecular weight is 226 g/mol. The molecule has 2 nitrogen and oxygen atoms in total. The number of rotatable bonds is 6. The Morgan fingerprint density at radius 3 is 2.50 bits per heavy atom. The normalized spacial score (nSPS) is 25.7. The van der Waals surface area contributed by atoms with Gasteiger partial charge < -0.3 is 5.32 Å². The van der Waals surface area contributed by atoms with Crippen molar-refractivity contribution in [3.05, 3.63) is 0 Å². The lowest BCUT2D eigenvalue weighted by molar-refractivity contribution is 0.143. The van der Waals surface area contributed by atoms with Crippen molar-refractivity contribution in [2.45, 2.75) is 65.5 Å². The fourth-order valence-corrected chi connectivity index (χ4v) is 2.65. The monoisotopic (exact) mass is 226 g/mol. The highest BCUT2D eigenvalue weighted by Gasteiger charge is 2.21. The van der Waals surface area contributed by atoms with Crippen molar-refractivity contribution in [1.82, 2.24) is 10.2 Å². The van der Waals surface area contributed by atoms with E-state index in [9.17, 15) is 0 Å². The van der Waals surface area contributed by atoms with Gasteiger partial charge in [0.05, 0.1) is 0 Å². The summed E-state index contributed by atoms with van der Waals surface area (Å²) in [6.07, 6.45) is 5.43. The molecule has 16 heavy (non-hydrogen) atoms. The predicted octanol–water partition coefficient (Wildman–Crippen LogP) is 2.89. The molecule has 0 spiro atoms. The third-order valence-electron chi connectivity index (χ3n) is 4.32. The van der Waals surface area contributed by atoms with Crippen LogP contribution in [-0.4, -0.2) is 36.6 Å². The molecular weight excluding hydrogens is 196 g/mol. The van der Waals surface area contributed by atoms with Gasteiger partial charge in [-0.15, -0.1) is 0 Å². The summed E-state index contributed by atoms with van der Waals surface area (Å²) in [5, 5.41) is 3.65. The van der Waals surface area contributed by atoms with Gasteiger partial charge in [0.15, 0.2) is 0 Å². The SMILES string of the molecule is CCC(C)C(C)N(CC)CC1CCCCN1. The Labute approximate surface area is 102 Å². The Hall–Kier alpha value is -0.0800. The van der Waals surface area contributed by atoms with E-state index >= 15 is 0 Å². The molecule has 1 N–H and O–H groups in total. The lowest BCUT2D eigenvalue weighted by atomic mass is 9.97. The third kappa shape index (κ3) is 4.06. The van der Waals surface area contributed by atoms with Gasteiger partial charge in [-0.25, -0.2) is 0 Å². The number of nitrogens with one attached hydrogen (secondary N) is 1. The Bertz CT molecular complexity index is 176. The zero-order valence-corrected chi connectivity index (χ0v) is 11.6. The van der Waals surface area contributed by atoms with Crippen molar-refractivity contribution in [3.8, 4) is 0 Å². The van der Waals surface area contributed by atoms with Crippen molar-refractivity contribution >= 4 is 0 Å². The second-order valence-electron chi connectivity index (χ2n) is 5.36. The van der Waals surface area contributed by atoms with Gasteiger partial charge in [-0.2, -0.15) is 0 Å². The summed E-state index contributed by atoms with van der Waals surface area (Å²) in [6.45, 7) is 13.0. The van der Waals surface area contributed by atoms with Crippen LogP contribution < -0.4 is 5.32 Å². The lowest BCUT2D eigenvalue weighted by Crippen LogP contribution is -2.48. The van der Waals surface area contributed by atoms with Crippen LogP contribution >= 0.6 is 0 Å². The molecule has 1 saturated heterocycles. The Balaban J connectivity index is 2.40. The van der Waals surface area contributed by atoms with Gasteiger partial charge in [0, 0.05) is 18.6 Å². The lowest BCUT2D eigenvalue weighted by Gasteiger charge is -2.36. The quantitative estimate of drug-likeness (QED) is 0.749. The van der Waals surface area contributed by atoms with Crippen LogP contribution in [0.1, 0.15) is 53.4 Å². The van der Waals surface area contributed by atoms with Gasteiger partial charge in [-0.1, -0.05) is 33.6 Å². The van der Waals surface area contributed by atoms with Gasteiger partial charge in [0.25, 0.3) is 0 Å². The molecular formula is C14H30N2. The Morgan fingerprint density at radius 1 is 1.25 bits per heavy atom. The summed E-state index contributed by atoms with van der Waals surface area (Å²) >= 11 is 0. The highest BCUT2D eigenvalue weighted by atomic mass is 15.2. The molecule has 2 heteroatoms. The zero-order chi connectivity index (χ0) is 12.0. The van der Waals surface area contributed by atoms with Crippen molar-refractivity contribution in [2.75, 3.05) is 19.6 Å². The number of piperidine rings is 1. The van der Waals surface area contributed by atoms with Crippen LogP contribution in [0.15, 0.2) is 0 Å². The van der Waals surface area contributed by atoms with Crippen molar-refractivity contribution in [1.29, 1.82) is 0 Å². The second-order valence-corrected chi connectivity index (χ2v) is 5.36. The first-order chi connectivity index (χ1) is 7.69. The third-order valence-corrected chi connectivity index (χ3v) is 4.32. The molecule has 3 atom stereocenters. The van der Waals surface area contributed by atoms with Crippen LogP contribution in [0, 0.1) is 5.92 Å². The van der Waals surface area contributed by atoms with E-state index in [0.29, 0.717) is 0 Å². The van der Waals surface area contributed by atoms with E-state index in [1.54, 1.807) is 0 Å². The highest BCUT2D eigenvalue weighted by Crippen LogP contribution is 2.16. The Morgan fingerprint density at radius 2 is 2.00 bits per heavy atom. The van der Waals surface area contributed by atoms with Crippen molar-refractivity contribution in [3.63, 3.8) is 0 Å². The highest BCUT2D eigenvalue weighted by molar-refractivity contribution is 4.79. The van der Waals surface area contributed by atoms with E-state index in [2.05, 4.69) is 37.9 Å². The molecule has 1 heterocycles. The standard InChI is InChI=1S/C14H30N2/c1-5-12(3)13(4)16(6-2)11-14-9-7-8-10-15-14/h12-15H,5-11H2,1-4H3. The number of hydrogen-bond acceptors (Lipinski definition) is 2. The fraction of sp³-hybridized carbons (Fsp3) is 1.00. The molecule has 96 valence electrons. The Kier molecular flexibility index (Phi) is 6.37. The van der Waals surface area contributed by atoms with Crippen molar-refractivity contribution < 1.29 is 0 Å². The van der Waals surface area contributed by atoms with E-state index in [4.69, 9.17) is 0 Å². The first-order valence-electron chi connectivity index (χ1n) is 7.16. The molecule has 0 radical (unpaired) electrons. The molecule has 0 aromatic rings. The van der Waals surface area contributed by atoms with E-state index in [-0.39, 0.29) is 0 Å². The molecule has 0 aliphatic carbocycles. The minimum Gasteiger partial charge on any atom is -0.313 e. The summed E-state index contributed by atoms with van der Waals surface area (Å²) in [5.74, 6) is 0.809. The van der Waals surface area contributed by atoms with E-state index in [0.717, 1.165) is 18.0 Å². The van der Waals surface area contributed by atoms with Gasteiger partial charge in [-0.3, -0.25) is 4.90 Å². The van der Waals surface area contributed by atoms with Gasteiger partial charge in [0.2, 0.25) is 0 Å². The molecule has 1 rings (SSSR count). The first kappa shape index (κ1) is 14.0. The first-order valence-corrected chi connectivity index (χ1v) is 7.16. The summed E-state index contributed by atoms with van der Waals surface area (Å²) < 4.78 is 0. The van der Waals surface area contributed by atoms with Crippen LogP contribution in [0.5, 0.6) is 0 Å². The predicted molar refractivity (Wildman–Crippen MR) is 71.8 cm³/mol. The van der Waals surface area contributed by atoms with Crippen LogP contribution in [0.3, 0.4) is 0 Å². The van der Waals surface area contributed by atoms with Gasteiger partial charge >= 0.3 is 0 Å². The summed E-state index contributed by atoms with van der Waals surface area (Å²) in [5.41, 5.74) is 0. The van der Waals surface area contributed by atoms with Gasteiger partial charge in [0.1, 0.15) is 0 Å². The number of likely N-dealkylation sites (N-methyl/N-ethyl adjacent to an activating group) is 1. The molecule has 3 unspecified atom stereocenters. The molecule has 0 saturated carbocycles. The maximum atomic E-state index is 3.65.